The SMILES string of the molecule is Cc1cccc(COc2ccccc2CN(CC[C@@H](NC(=O)OC(C)(C)C)C(=O)OC(C)(C)C)Cc2ccccc2O)c1. The molecule has 0 aliphatic carbocycles. The van der Waals surface area contributed by atoms with Gasteiger partial charge in [0.05, 0.1) is 0 Å². The molecular formula is C35H46N2O6. The minimum atomic E-state index is -0.936. The summed E-state index contributed by atoms with van der Waals surface area (Å²) < 4.78 is 17.3. The third-order valence-electron chi connectivity index (χ3n) is 6.35. The minimum Gasteiger partial charge on any atom is -0.508 e. The van der Waals surface area contributed by atoms with E-state index in [-0.39, 0.29) is 12.2 Å². The van der Waals surface area contributed by atoms with E-state index in [2.05, 4.69) is 29.3 Å². The molecule has 0 aliphatic rings. The second-order valence-corrected chi connectivity index (χ2v) is 12.7. The van der Waals surface area contributed by atoms with Gasteiger partial charge < -0.3 is 24.6 Å². The summed E-state index contributed by atoms with van der Waals surface area (Å²) >= 11 is 0. The first-order valence-corrected chi connectivity index (χ1v) is 14.7. The molecule has 0 aliphatic heterocycles. The van der Waals surface area contributed by atoms with E-state index in [1.54, 1.807) is 53.7 Å². The standard InChI is InChI=1S/C35H46N2O6/c1-25-13-12-14-26(21-25)24-41-31-18-11-9-16-28(31)23-37(22-27-15-8-10-17-30(27)38)20-19-29(32(39)42-34(2,3)4)36-33(40)43-35(5,6)7/h8-18,21,29,38H,19-20,22-24H2,1-7H3,(H,36,40)/t29-/m1/s1. The largest absolute Gasteiger partial charge is 0.508 e. The molecule has 0 saturated heterocycles. The normalized spacial score (nSPS) is 12.5. The first-order valence-electron chi connectivity index (χ1n) is 14.7. The quantitative estimate of drug-likeness (QED) is 0.221. The van der Waals surface area contributed by atoms with Gasteiger partial charge in [-0.1, -0.05) is 66.2 Å². The molecule has 3 rings (SSSR count). The molecule has 0 bridgehead atoms. The van der Waals surface area contributed by atoms with Crippen LogP contribution in [0.3, 0.4) is 0 Å². The number of aryl methyl sites for hydroxylation is 1. The zero-order chi connectivity index (χ0) is 31.6. The number of rotatable bonds is 12. The number of phenols is 1. The number of hydrogen-bond acceptors (Lipinski definition) is 7. The van der Waals surface area contributed by atoms with Gasteiger partial charge in [0.15, 0.2) is 0 Å². The molecular weight excluding hydrogens is 544 g/mol. The predicted molar refractivity (Wildman–Crippen MR) is 168 cm³/mol. The van der Waals surface area contributed by atoms with E-state index in [0.29, 0.717) is 26.2 Å². The Kier molecular flexibility index (Phi) is 11.6. The van der Waals surface area contributed by atoms with Crippen LogP contribution in [0.2, 0.25) is 0 Å². The molecule has 3 aromatic rings. The van der Waals surface area contributed by atoms with Crippen molar-refractivity contribution < 1.29 is 28.9 Å². The lowest BCUT2D eigenvalue weighted by Gasteiger charge is -2.29. The van der Waals surface area contributed by atoms with Crippen molar-refractivity contribution in [2.45, 2.75) is 91.8 Å². The highest BCUT2D eigenvalue weighted by atomic mass is 16.6. The van der Waals surface area contributed by atoms with Gasteiger partial charge in [-0.25, -0.2) is 9.59 Å². The zero-order valence-corrected chi connectivity index (χ0v) is 26.5. The van der Waals surface area contributed by atoms with Crippen LogP contribution in [0, 0.1) is 6.92 Å². The van der Waals surface area contributed by atoms with E-state index >= 15 is 0 Å². The highest BCUT2D eigenvalue weighted by Gasteiger charge is 2.29. The summed E-state index contributed by atoms with van der Waals surface area (Å²) in [5, 5.41) is 13.2. The van der Waals surface area contributed by atoms with Crippen LogP contribution in [0.1, 0.15) is 70.2 Å². The Morgan fingerprint density at radius 2 is 1.47 bits per heavy atom. The number of nitrogens with zero attached hydrogens (tertiary/aromatic N) is 1. The monoisotopic (exact) mass is 590 g/mol. The fourth-order valence-electron chi connectivity index (χ4n) is 4.46. The highest BCUT2D eigenvalue weighted by molar-refractivity contribution is 5.81. The first-order chi connectivity index (χ1) is 20.2. The maximum Gasteiger partial charge on any atom is 0.408 e. The molecule has 3 aromatic carbocycles. The fraction of sp³-hybridized carbons (Fsp3) is 0.429. The average molecular weight is 591 g/mol. The van der Waals surface area contributed by atoms with Crippen LogP contribution in [0.4, 0.5) is 4.79 Å². The van der Waals surface area contributed by atoms with E-state index in [0.717, 1.165) is 22.4 Å². The molecule has 0 spiro atoms. The number of para-hydroxylation sites is 2. The van der Waals surface area contributed by atoms with Gasteiger partial charge in [0.25, 0.3) is 0 Å². The van der Waals surface area contributed by atoms with E-state index in [1.807, 2.05) is 48.5 Å². The number of benzene rings is 3. The summed E-state index contributed by atoms with van der Waals surface area (Å²) in [6.07, 6.45) is -0.431. The Bertz CT molecular complexity index is 1360. The first kappa shape index (κ1) is 33.5. The fourth-order valence-corrected chi connectivity index (χ4v) is 4.46. The molecule has 1 amide bonds. The lowest BCUT2D eigenvalue weighted by Crippen LogP contribution is -2.47. The molecule has 43 heavy (non-hydrogen) atoms. The van der Waals surface area contributed by atoms with Crippen LogP contribution in [0.25, 0.3) is 0 Å². The Balaban J connectivity index is 1.83. The summed E-state index contributed by atoms with van der Waals surface area (Å²) in [4.78, 5) is 27.9. The van der Waals surface area contributed by atoms with Crippen molar-refractivity contribution >= 4 is 12.1 Å². The number of alkyl carbamates (subject to hydrolysis) is 1. The van der Waals surface area contributed by atoms with Crippen LogP contribution in [0.15, 0.2) is 72.8 Å². The number of carbonyl (C=O) groups excluding carboxylic acids is 2. The number of hydrogen-bond donors (Lipinski definition) is 2. The second kappa shape index (κ2) is 14.9. The summed E-state index contributed by atoms with van der Waals surface area (Å²) in [7, 11) is 0. The van der Waals surface area contributed by atoms with Gasteiger partial charge in [0, 0.05) is 30.8 Å². The minimum absolute atomic E-state index is 0.187. The van der Waals surface area contributed by atoms with Gasteiger partial charge in [-0.3, -0.25) is 4.90 Å². The maximum absolute atomic E-state index is 13.2. The van der Waals surface area contributed by atoms with Gasteiger partial charge in [0.1, 0.15) is 35.3 Å². The number of esters is 1. The number of carbonyl (C=O) groups is 2. The molecule has 0 heterocycles. The van der Waals surface area contributed by atoms with Crippen molar-refractivity contribution in [2.75, 3.05) is 6.54 Å². The van der Waals surface area contributed by atoms with Crippen molar-refractivity contribution in [3.05, 3.63) is 95.1 Å². The molecule has 2 N–H and O–H groups in total. The van der Waals surface area contributed by atoms with Gasteiger partial charge >= 0.3 is 12.1 Å². The third kappa shape index (κ3) is 12.0. The molecule has 8 nitrogen and oxygen atoms in total. The number of ether oxygens (including phenoxy) is 3. The van der Waals surface area contributed by atoms with Crippen molar-refractivity contribution in [1.82, 2.24) is 10.2 Å². The summed E-state index contributed by atoms with van der Waals surface area (Å²) in [5.74, 6) is 0.400. The Hall–Kier alpha value is -4.04. The van der Waals surface area contributed by atoms with E-state index < -0.39 is 29.3 Å². The molecule has 0 fully saturated rings. The summed E-state index contributed by atoms with van der Waals surface area (Å²) in [5.41, 5.74) is 2.50. The average Bonchev–Trinajstić information content (AvgIpc) is 2.89. The zero-order valence-electron chi connectivity index (χ0n) is 26.5. The number of aromatic hydroxyl groups is 1. The topological polar surface area (TPSA) is 97.3 Å². The summed E-state index contributed by atoms with van der Waals surface area (Å²) in [6, 6.07) is 22.3. The highest BCUT2D eigenvalue weighted by Crippen LogP contribution is 2.25. The Labute approximate surface area is 256 Å². The van der Waals surface area contributed by atoms with Gasteiger partial charge in [0.2, 0.25) is 0 Å². The maximum atomic E-state index is 13.2. The van der Waals surface area contributed by atoms with Crippen LogP contribution in [-0.4, -0.2) is 45.9 Å². The lowest BCUT2D eigenvalue weighted by atomic mass is 10.1. The van der Waals surface area contributed by atoms with Crippen LogP contribution < -0.4 is 10.1 Å². The van der Waals surface area contributed by atoms with Crippen molar-refractivity contribution in [1.29, 1.82) is 0 Å². The van der Waals surface area contributed by atoms with Gasteiger partial charge in [-0.15, -0.1) is 0 Å². The molecule has 0 radical (unpaired) electrons. The number of nitrogens with one attached hydrogen (secondary N) is 1. The number of amides is 1. The molecule has 0 unspecified atom stereocenters. The van der Waals surface area contributed by atoms with Crippen LogP contribution >= 0.6 is 0 Å². The van der Waals surface area contributed by atoms with Gasteiger partial charge in [-0.05, 0) is 72.6 Å². The predicted octanol–water partition coefficient (Wildman–Crippen LogP) is 6.91. The Morgan fingerprint density at radius 1 is 0.837 bits per heavy atom. The van der Waals surface area contributed by atoms with Crippen molar-refractivity contribution in [3.8, 4) is 11.5 Å². The molecule has 232 valence electrons. The third-order valence-corrected chi connectivity index (χ3v) is 6.35. The lowest BCUT2D eigenvalue weighted by molar-refractivity contribution is -0.157. The molecule has 8 heteroatoms. The smallest absolute Gasteiger partial charge is 0.408 e. The van der Waals surface area contributed by atoms with E-state index in [4.69, 9.17) is 14.2 Å². The number of phenolic OH excluding ortho intramolecular Hbond substituents is 1. The van der Waals surface area contributed by atoms with Crippen LogP contribution in [-0.2, 0) is 34.0 Å². The Morgan fingerprint density at radius 3 is 2.12 bits per heavy atom. The van der Waals surface area contributed by atoms with Crippen LogP contribution in [0.5, 0.6) is 11.5 Å². The van der Waals surface area contributed by atoms with E-state index in [9.17, 15) is 14.7 Å². The second-order valence-electron chi connectivity index (χ2n) is 12.7. The van der Waals surface area contributed by atoms with Crippen molar-refractivity contribution in [3.63, 3.8) is 0 Å². The van der Waals surface area contributed by atoms with Gasteiger partial charge in [-0.2, -0.15) is 0 Å². The molecule has 0 aromatic heterocycles. The molecule has 0 saturated carbocycles. The van der Waals surface area contributed by atoms with Crippen molar-refractivity contribution in [2.24, 2.45) is 0 Å². The van der Waals surface area contributed by atoms with E-state index in [1.165, 1.54) is 5.56 Å². The molecule has 1 atom stereocenters. The summed E-state index contributed by atoms with van der Waals surface area (Å²) in [6.45, 7) is 14.4.